The van der Waals surface area contributed by atoms with Crippen LogP contribution in [0.4, 0.5) is 4.39 Å². The van der Waals surface area contributed by atoms with E-state index in [0.29, 0.717) is 11.5 Å². The van der Waals surface area contributed by atoms with Crippen LogP contribution in [0.2, 0.25) is 0 Å². The number of rotatable bonds is 3. The zero-order chi connectivity index (χ0) is 17.4. The van der Waals surface area contributed by atoms with Crippen LogP contribution >= 0.6 is 12.4 Å². The third-order valence-electron chi connectivity index (χ3n) is 5.06. The van der Waals surface area contributed by atoms with Gasteiger partial charge in [0.2, 0.25) is 0 Å². The maximum Gasteiger partial charge on any atom is 0.131 e. The van der Waals surface area contributed by atoms with Gasteiger partial charge in [-0.1, -0.05) is 50.2 Å². The Bertz CT molecular complexity index is 874. The lowest BCUT2D eigenvalue weighted by Crippen LogP contribution is -2.08. The number of hydrogen-bond donors (Lipinski definition) is 0. The molecule has 0 fully saturated rings. The van der Waals surface area contributed by atoms with Gasteiger partial charge in [-0.2, -0.15) is 0 Å². The molecule has 0 amide bonds. The molecule has 0 aliphatic carbocycles. The van der Waals surface area contributed by atoms with Crippen molar-refractivity contribution in [3.8, 4) is 22.4 Å². The Kier molecular flexibility index (Phi) is 5.47. The lowest BCUT2D eigenvalue weighted by molar-refractivity contribution is 0.522. The van der Waals surface area contributed by atoms with E-state index in [1.54, 1.807) is 6.07 Å². The molecule has 1 aliphatic rings. The minimum Gasteiger partial charge on any atom is -0.334 e. The van der Waals surface area contributed by atoms with Crippen molar-refractivity contribution in [2.24, 2.45) is 0 Å². The van der Waals surface area contributed by atoms with Crippen LogP contribution in [0.25, 0.3) is 22.4 Å². The average Bonchev–Trinajstić information content (AvgIpc) is 3.06. The maximum atomic E-state index is 14.5. The first-order valence-corrected chi connectivity index (χ1v) is 9.08. The van der Waals surface area contributed by atoms with Crippen LogP contribution in [-0.4, -0.2) is 9.55 Å². The summed E-state index contributed by atoms with van der Waals surface area (Å²) in [6.45, 7) is 5.22. The summed E-state index contributed by atoms with van der Waals surface area (Å²) in [6, 6.07) is 13.6. The second-order valence-electron chi connectivity index (χ2n) is 7.16. The molecule has 0 saturated carbocycles. The van der Waals surface area contributed by atoms with Crippen LogP contribution in [-0.2, 0) is 13.0 Å². The lowest BCUT2D eigenvalue weighted by Gasteiger charge is -2.11. The summed E-state index contributed by atoms with van der Waals surface area (Å²) in [5.74, 6) is 1.36. The number of aryl methyl sites for hydroxylation is 2. The van der Waals surface area contributed by atoms with E-state index in [1.165, 1.54) is 18.7 Å². The van der Waals surface area contributed by atoms with Crippen LogP contribution in [0.1, 0.15) is 44.0 Å². The van der Waals surface area contributed by atoms with Crippen molar-refractivity contribution in [3.05, 3.63) is 65.9 Å². The van der Waals surface area contributed by atoms with Gasteiger partial charge in [-0.15, -0.1) is 12.4 Å². The highest BCUT2D eigenvalue weighted by Gasteiger charge is 2.14. The standard InChI is InChI=1S/C22H23FN2.ClH/c1-15(2)18-10-11-19(20(23)13-18)16-6-8-17(9-7-16)21-14-25-12-4-3-5-22(25)24-21;/h6-11,13-15H,3-5,12H2,1-2H3;1H. The number of imidazole rings is 1. The van der Waals surface area contributed by atoms with Crippen molar-refractivity contribution in [1.82, 2.24) is 9.55 Å². The number of hydrogen-bond acceptors (Lipinski definition) is 1. The molecular weight excluding hydrogens is 347 g/mol. The fourth-order valence-corrected chi connectivity index (χ4v) is 3.50. The summed E-state index contributed by atoms with van der Waals surface area (Å²) in [4.78, 5) is 4.76. The number of benzene rings is 2. The van der Waals surface area contributed by atoms with Crippen molar-refractivity contribution in [1.29, 1.82) is 0 Å². The van der Waals surface area contributed by atoms with Gasteiger partial charge in [-0.25, -0.2) is 9.37 Å². The zero-order valence-corrected chi connectivity index (χ0v) is 16.0. The fraction of sp³-hybridized carbons (Fsp3) is 0.318. The van der Waals surface area contributed by atoms with Gasteiger partial charge in [-0.05, 0) is 36.0 Å². The first-order chi connectivity index (χ1) is 12.1. The van der Waals surface area contributed by atoms with E-state index in [2.05, 4.69) is 24.6 Å². The smallest absolute Gasteiger partial charge is 0.131 e. The third-order valence-corrected chi connectivity index (χ3v) is 5.06. The Morgan fingerprint density at radius 2 is 1.73 bits per heavy atom. The molecule has 3 aromatic rings. The molecule has 4 heteroatoms. The van der Waals surface area contributed by atoms with E-state index in [-0.39, 0.29) is 18.2 Å². The number of nitrogens with zero attached hydrogens (tertiary/aromatic N) is 2. The van der Waals surface area contributed by atoms with E-state index in [1.807, 2.05) is 36.4 Å². The van der Waals surface area contributed by atoms with E-state index in [9.17, 15) is 4.39 Å². The third kappa shape index (κ3) is 3.54. The summed E-state index contributed by atoms with van der Waals surface area (Å²) < 4.78 is 16.7. The van der Waals surface area contributed by atoms with Gasteiger partial charge in [0.25, 0.3) is 0 Å². The maximum absolute atomic E-state index is 14.5. The van der Waals surface area contributed by atoms with Gasteiger partial charge in [0, 0.05) is 30.3 Å². The van der Waals surface area contributed by atoms with Crippen LogP contribution in [0.5, 0.6) is 0 Å². The van der Waals surface area contributed by atoms with E-state index in [4.69, 9.17) is 4.98 Å². The molecule has 0 N–H and O–H groups in total. The fourth-order valence-electron chi connectivity index (χ4n) is 3.50. The molecule has 1 aliphatic heterocycles. The highest BCUT2D eigenvalue weighted by Crippen LogP contribution is 2.29. The van der Waals surface area contributed by atoms with Gasteiger partial charge >= 0.3 is 0 Å². The van der Waals surface area contributed by atoms with Crippen molar-refractivity contribution in [2.75, 3.05) is 0 Å². The van der Waals surface area contributed by atoms with E-state index < -0.39 is 0 Å². The van der Waals surface area contributed by atoms with Gasteiger partial charge in [0.15, 0.2) is 0 Å². The highest BCUT2D eigenvalue weighted by molar-refractivity contribution is 5.85. The van der Waals surface area contributed by atoms with Crippen LogP contribution in [0.15, 0.2) is 48.7 Å². The molecule has 4 rings (SSSR count). The Labute approximate surface area is 160 Å². The number of aromatic nitrogens is 2. The molecule has 26 heavy (non-hydrogen) atoms. The first kappa shape index (κ1) is 18.7. The molecule has 0 bridgehead atoms. The van der Waals surface area contributed by atoms with Crippen LogP contribution < -0.4 is 0 Å². The highest BCUT2D eigenvalue weighted by atomic mass is 35.5. The van der Waals surface area contributed by atoms with Crippen LogP contribution in [0, 0.1) is 5.82 Å². The van der Waals surface area contributed by atoms with Gasteiger partial charge in [0.1, 0.15) is 11.6 Å². The summed E-state index contributed by atoms with van der Waals surface area (Å²) in [5, 5.41) is 0. The SMILES string of the molecule is CC(C)c1ccc(-c2ccc(-c3cn4c(n3)CCCC4)cc2)c(F)c1.Cl. The van der Waals surface area contributed by atoms with Crippen molar-refractivity contribution < 1.29 is 4.39 Å². The molecule has 0 saturated heterocycles. The Hall–Kier alpha value is -2.13. The Balaban J connectivity index is 0.00000196. The quantitative estimate of drug-likeness (QED) is 0.533. The first-order valence-electron chi connectivity index (χ1n) is 9.08. The van der Waals surface area contributed by atoms with E-state index >= 15 is 0 Å². The average molecular weight is 371 g/mol. The molecule has 0 atom stereocenters. The summed E-state index contributed by atoms with van der Waals surface area (Å²) in [5.41, 5.74) is 4.69. The molecular formula is C22H24ClFN2. The van der Waals surface area contributed by atoms with Crippen molar-refractivity contribution in [2.45, 2.75) is 45.6 Å². The summed E-state index contributed by atoms with van der Waals surface area (Å²) >= 11 is 0. The molecule has 2 nitrogen and oxygen atoms in total. The summed E-state index contributed by atoms with van der Waals surface area (Å²) in [7, 11) is 0. The van der Waals surface area contributed by atoms with Crippen molar-refractivity contribution >= 4 is 12.4 Å². The largest absolute Gasteiger partial charge is 0.334 e. The van der Waals surface area contributed by atoms with Gasteiger partial charge in [0.05, 0.1) is 5.69 Å². The van der Waals surface area contributed by atoms with Gasteiger partial charge < -0.3 is 4.57 Å². The molecule has 2 aromatic carbocycles. The Morgan fingerprint density at radius 1 is 1.00 bits per heavy atom. The molecule has 0 spiro atoms. The molecule has 1 aromatic heterocycles. The second-order valence-corrected chi connectivity index (χ2v) is 7.16. The predicted molar refractivity (Wildman–Crippen MR) is 107 cm³/mol. The minimum absolute atomic E-state index is 0. The predicted octanol–water partition coefficient (Wildman–Crippen LogP) is 6.24. The number of fused-ring (bicyclic) bond motifs is 1. The van der Waals surface area contributed by atoms with E-state index in [0.717, 1.165) is 35.3 Å². The summed E-state index contributed by atoms with van der Waals surface area (Å²) in [6.07, 6.45) is 5.65. The topological polar surface area (TPSA) is 17.8 Å². The lowest BCUT2D eigenvalue weighted by atomic mass is 9.97. The molecule has 136 valence electrons. The van der Waals surface area contributed by atoms with Gasteiger partial charge in [-0.3, -0.25) is 0 Å². The zero-order valence-electron chi connectivity index (χ0n) is 15.2. The Morgan fingerprint density at radius 3 is 2.38 bits per heavy atom. The van der Waals surface area contributed by atoms with Crippen LogP contribution in [0.3, 0.4) is 0 Å². The second kappa shape index (κ2) is 7.63. The normalized spacial score (nSPS) is 13.4. The molecule has 0 unspecified atom stereocenters. The molecule has 2 heterocycles. The molecule has 0 radical (unpaired) electrons. The number of halogens is 2. The van der Waals surface area contributed by atoms with Crippen molar-refractivity contribution in [3.63, 3.8) is 0 Å². The minimum atomic E-state index is -0.156. The monoisotopic (exact) mass is 370 g/mol.